The third-order valence-electron chi connectivity index (χ3n) is 4.77. The van der Waals surface area contributed by atoms with Crippen molar-refractivity contribution in [3.05, 3.63) is 58.7 Å². The Balaban J connectivity index is 1.55. The van der Waals surface area contributed by atoms with E-state index in [0.717, 1.165) is 34.4 Å². The summed E-state index contributed by atoms with van der Waals surface area (Å²) < 4.78 is 10.8. The average molecular weight is 367 g/mol. The molecule has 2 aromatic carbocycles. The number of carbonyl (C=O) groups is 2. The molecule has 0 aliphatic carbocycles. The first kappa shape index (κ1) is 19.0. The number of hydrogen-bond acceptors (Lipinski definition) is 4. The zero-order valence-electron chi connectivity index (χ0n) is 16.2. The lowest BCUT2D eigenvalue weighted by atomic mass is 10.1. The number of aryl methyl sites for hydroxylation is 3. The maximum absolute atomic E-state index is 12.6. The molecule has 3 rings (SSSR count). The molecule has 142 valence electrons. The number of anilines is 1. The Morgan fingerprint density at radius 2 is 1.74 bits per heavy atom. The van der Waals surface area contributed by atoms with Gasteiger partial charge in [0.1, 0.15) is 5.75 Å². The maximum Gasteiger partial charge on any atom is 0.344 e. The van der Waals surface area contributed by atoms with Crippen LogP contribution in [0.1, 0.15) is 29.2 Å². The largest absolute Gasteiger partial charge is 0.481 e. The molecule has 0 saturated heterocycles. The number of benzene rings is 2. The molecule has 0 radical (unpaired) electrons. The molecule has 27 heavy (non-hydrogen) atoms. The van der Waals surface area contributed by atoms with Gasteiger partial charge in [-0.2, -0.15) is 0 Å². The molecule has 0 bridgehead atoms. The van der Waals surface area contributed by atoms with Crippen molar-refractivity contribution in [1.82, 2.24) is 0 Å². The van der Waals surface area contributed by atoms with E-state index in [9.17, 15) is 9.59 Å². The second kappa shape index (κ2) is 7.82. The van der Waals surface area contributed by atoms with E-state index in [1.165, 1.54) is 0 Å². The fourth-order valence-corrected chi connectivity index (χ4v) is 3.72. The van der Waals surface area contributed by atoms with E-state index in [2.05, 4.69) is 0 Å². The molecule has 2 aromatic rings. The van der Waals surface area contributed by atoms with E-state index in [-0.39, 0.29) is 25.2 Å². The van der Waals surface area contributed by atoms with Crippen molar-refractivity contribution in [1.29, 1.82) is 0 Å². The molecule has 0 spiro atoms. The SMILES string of the molecule is Cc1cc(C)c(OCC(=O)OCC(=O)N2c3ccccc3C[C@H]2C)c(C)c1. The zero-order valence-corrected chi connectivity index (χ0v) is 16.2. The van der Waals surface area contributed by atoms with Crippen LogP contribution >= 0.6 is 0 Å². The summed E-state index contributed by atoms with van der Waals surface area (Å²) in [6.07, 6.45) is 0.810. The Hall–Kier alpha value is -2.82. The van der Waals surface area contributed by atoms with Crippen LogP contribution in [0.25, 0.3) is 0 Å². The van der Waals surface area contributed by atoms with Crippen LogP contribution in [0.15, 0.2) is 36.4 Å². The van der Waals surface area contributed by atoms with E-state index >= 15 is 0 Å². The Kier molecular flexibility index (Phi) is 5.49. The minimum atomic E-state index is -0.553. The minimum absolute atomic E-state index is 0.0581. The number of amides is 1. The third-order valence-corrected chi connectivity index (χ3v) is 4.77. The third kappa shape index (κ3) is 4.13. The molecule has 0 N–H and O–H groups in total. The van der Waals surface area contributed by atoms with E-state index < -0.39 is 5.97 Å². The molecule has 0 fully saturated rings. The predicted octanol–water partition coefficient (Wildman–Crippen LogP) is 3.51. The lowest BCUT2D eigenvalue weighted by Gasteiger charge is -2.22. The van der Waals surface area contributed by atoms with Crippen LogP contribution < -0.4 is 9.64 Å². The van der Waals surface area contributed by atoms with E-state index in [4.69, 9.17) is 9.47 Å². The van der Waals surface area contributed by atoms with Crippen molar-refractivity contribution in [2.24, 2.45) is 0 Å². The topological polar surface area (TPSA) is 55.8 Å². The summed E-state index contributed by atoms with van der Waals surface area (Å²) in [5, 5.41) is 0. The van der Waals surface area contributed by atoms with Crippen molar-refractivity contribution < 1.29 is 19.1 Å². The summed E-state index contributed by atoms with van der Waals surface area (Å²) in [6, 6.07) is 11.9. The van der Waals surface area contributed by atoms with Gasteiger partial charge in [0, 0.05) is 11.7 Å². The molecular weight excluding hydrogens is 342 g/mol. The van der Waals surface area contributed by atoms with Crippen molar-refractivity contribution >= 4 is 17.6 Å². The molecule has 1 aliphatic rings. The van der Waals surface area contributed by atoms with Crippen molar-refractivity contribution in [2.75, 3.05) is 18.1 Å². The van der Waals surface area contributed by atoms with Gasteiger partial charge in [-0.15, -0.1) is 0 Å². The highest BCUT2D eigenvalue weighted by Gasteiger charge is 2.30. The second-order valence-corrected chi connectivity index (χ2v) is 7.12. The molecular formula is C22H25NO4. The van der Waals surface area contributed by atoms with Gasteiger partial charge in [-0.05, 0) is 56.9 Å². The number of hydrogen-bond donors (Lipinski definition) is 0. The summed E-state index contributed by atoms with van der Waals surface area (Å²) in [5.74, 6) is -0.0858. The van der Waals surface area contributed by atoms with Crippen LogP contribution in [-0.4, -0.2) is 31.1 Å². The Morgan fingerprint density at radius 1 is 1.07 bits per heavy atom. The van der Waals surface area contributed by atoms with Gasteiger partial charge in [-0.3, -0.25) is 4.79 Å². The van der Waals surface area contributed by atoms with Gasteiger partial charge < -0.3 is 14.4 Å². The van der Waals surface area contributed by atoms with Gasteiger partial charge in [0.05, 0.1) is 0 Å². The first-order valence-corrected chi connectivity index (χ1v) is 9.13. The summed E-state index contributed by atoms with van der Waals surface area (Å²) in [5.41, 5.74) is 5.12. The molecule has 0 unspecified atom stereocenters. The summed E-state index contributed by atoms with van der Waals surface area (Å²) in [6.45, 7) is 7.39. The van der Waals surface area contributed by atoms with Crippen LogP contribution in [-0.2, 0) is 20.7 Å². The van der Waals surface area contributed by atoms with Crippen molar-refractivity contribution in [3.63, 3.8) is 0 Å². The number of carbonyl (C=O) groups excluding carboxylic acids is 2. The van der Waals surface area contributed by atoms with Gasteiger partial charge in [0.2, 0.25) is 0 Å². The van der Waals surface area contributed by atoms with Gasteiger partial charge in [-0.25, -0.2) is 4.79 Å². The Labute approximate surface area is 159 Å². The van der Waals surface area contributed by atoms with Gasteiger partial charge in [-0.1, -0.05) is 35.9 Å². The van der Waals surface area contributed by atoms with Crippen molar-refractivity contribution in [3.8, 4) is 5.75 Å². The van der Waals surface area contributed by atoms with Crippen LogP contribution in [0.2, 0.25) is 0 Å². The smallest absolute Gasteiger partial charge is 0.344 e. The lowest BCUT2D eigenvalue weighted by Crippen LogP contribution is -2.39. The van der Waals surface area contributed by atoms with Gasteiger partial charge in [0.15, 0.2) is 13.2 Å². The molecule has 1 heterocycles. The van der Waals surface area contributed by atoms with Crippen LogP contribution in [0.5, 0.6) is 5.75 Å². The molecule has 1 amide bonds. The second-order valence-electron chi connectivity index (χ2n) is 7.12. The van der Waals surface area contributed by atoms with Crippen molar-refractivity contribution in [2.45, 2.75) is 40.2 Å². The van der Waals surface area contributed by atoms with E-state index in [0.29, 0.717) is 5.75 Å². The number of esters is 1. The molecule has 0 saturated carbocycles. The first-order chi connectivity index (χ1) is 12.9. The summed E-state index contributed by atoms with van der Waals surface area (Å²) in [4.78, 5) is 26.3. The Morgan fingerprint density at radius 3 is 2.44 bits per heavy atom. The number of ether oxygens (including phenoxy) is 2. The fourth-order valence-electron chi connectivity index (χ4n) is 3.72. The normalized spacial score (nSPS) is 15.4. The highest BCUT2D eigenvalue weighted by atomic mass is 16.6. The molecule has 1 aliphatic heterocycles. The number of nitrogens with zero attached hydrogens (tertiary/aromatic N) is 1. The standard InChI is InChI=1S/C22H25NO4/c1-14-9-15(2)22(16(3)10-14)27-13-21(25)26-12-20(24)23-17(4)11-18-7-5-6-8-19(18)23/h5-10,17H,11-13H2,1-4H3/t17-/m1/s1. The van der Waals surface area contributed by atoms with Crippen LogP contribution in [0.3, 0.4) is 0 Å². The molecule has 5 nitrogen and oxygen atoms in total. The predicted molar refractivity (Wildman–Crippen MR) is 104 cm³/mol. The van der Waals surface area contributed by atoms with E-state index in [1.54, 1.807) is 4.90 Å². The quantitative estimate of drug-likeness (QED) is 0.759. The monoisotopic (exact) mass is 367 g/mol. The maximum atomic E-state index is 12.6. The first-order valence-electron chi connectivity index (χ1n) is 9.13. The minimum Gasteiger partial charge on any atom is -0.481 e. The van der Waals surface area contributed by atoms with Crippen LogP contribution in [0, 0.1) is 20.8 Å². The zero-order chi connectivity index (χ0) is 19.6. The molecule has 0 aromatic heterocycles. The molecule has 5 heteroatoms. The highest BCUT2D eigenvalue weighted by Crippen LogP contribution is 2.31. The van der Waals surface area contributed by atoms with Gasteiger partial charge in [0.25, 0.3) is 5.91 Å². The fraction of sp³-hybridized carbons (Fsp3) is 0.364. The Bertz CT molecular complexity index is 851. The highest BCUT2D eigenvalue weighted by molar-refractivity contribution is 5.97. The number of para-hydroxylation sites is 1. The van der Waals surface area contributed by atoms with Gasteiger partial charge >= 0.3 is 5.97 Å². The lowest BCUT2D eigenvalue weighted by molar-refractivity contribution is -0.149. The van der Waals surface area contributed by atoms with E-state index in [1.807, 2.05) is 64.1 Å². The number of fused-ring (bicyclic) bond motifs is 1. The molecule has 1 atom stereocenters. The average Bonchev–Trinajstić information content (AvgIpc) is 2.94. The summed E-state index contributed by atoms with van der Waals surface area (Å²) >= 11 is 0. The number of rotatable bonds is 5. The summed E-state index contributed by atoms with van der Waals surface area (Å²) in [7, 11) is 0. The van der Waals surface area contributed by atoms with Crippen LogP contribution in [0.4, 0.5) is 5.69 Å².